The smallest absolute Gasteiger partial charge is 0.328 e. The monoisotopic (exact) mass is 414 g/mol. The highest BCUT2D eigenvalue weighted by molar-refractivity contribution is 7.98. The number of rotatable bonds is 10. The van der Waals surface area contributed by atoms with Gasteiger partial charge in [-0.05, 0) is 31.9 Å². The van der Waals surface area contributed by atoms with Gasteiger partial charge in [-0.1, -0.05) is 0 Å². The SMILES string of the molecule is CCOC(=O)[C@H](CCSC)NC(=O)c1csc(-c2csc(CCN)n2)n1. The van der Waals surface area contributed by atoms with Crippen LogP contribution in [0.2, 0.25) is 0 Å². The van der Waals surface area contributed by atoms with E-state index in [0.29, 0.717) is 18.0 Å². The molecule has 2 aromatic heterocycles. The normalized spacial score (nSPS) is 12.0. The van der Waals surface area contributed by atoms with Crippen molar-refractivity contribution in [2.45, 2.75) is 25.8 Å². The minimum absolute atomic E-state index is 0.275. The van der Waals surface area contributed by atoms with E-state index in [4.69, 9.17) is 10.5 Å². The Morgan fingerprint density at radius 3 is 2.85 bits per heavy atom. The Labute approximate surface area is 164 Å². The number of carbonyl (C=O) groups excluding carboxylic acids is 2. The van der Waals surface area contributed by atoms with Gasteiger partial charge in [-0.25, -0.2) is 14.8 Å². The molecule has 0 aliphatic heterocycles. The maximum atomic E-state index is 12.5. The van der Waals surface area contributed by atoms with E-state index in [9.17, 15) is 9.59 Å². The van der Waals surface area contributed by atoms with Crippen LogP contribution in [0.25, 0.3) is 10.7 Å². The van der Waals surface area contributed by atoms with Gasteiger partial charge in [-0.2, -0.15) is 11.8 Å². The summed E-state index contributed by atoms with van der Waals surface area (Å²) in [4.78, 5) is 33.3. The van der Waals surface area contributed by atoms with Gasteiger partial charge in [0.15, 0.2) is 0 Å². The zero-order chi connectivity index (χ0) is 18.9. The molecule has 1 atom stereocenters. The fraction of sp³-hybridized carbons (Fsp3) is 0.500. The van der Waals surface area contributed by atoms with Crippen molar-refractivity contribution in [1.29, 1.82) is 0 Å². The summed E-state index contributed by atoms with van der Waals surface area (Å²) in [6, 6.07) is -0.671. The second-order valence-electron chi connectivity index (χ2n) is 5.26. The van der Waals surface area contributed by atoms with E-state index in [1.165, 1.54) is 22.7 Å². The second kappa shape index (κ2) is 10.6. The molecule has 0 saturated carbocycles. The number of esters is 1. The Morgan fingerprint density at radius 1 is 1.35 bits per heavy atom. The highest BCUT2D eigenvalue weighted by Gasteiger charge is 2.23. The van der Waals surface area contributed by atoms with Crippen LogP contribution in [0.3, 0.4) is 0 Å². The molecule has 2 aromatic rings. The summed E-state index contributed by atoms with van der Waals surface area (Å²) in [6.07, 6.45) is 3.18. The van der Waals surface area contributed by atoms with Crippen molar-refractivity contribution in [1.82, 2.24) is 15.3 Å². The molecular formula is C16H22N4O3S3. The van der Waals surface area contributed by atoms with Gasteiger partial charge < -0.3 is 15.8 Å². The number of nitrogens with two attached hydrogens (primary N) is 1. The fourth-order valence-corrected chi connectivity index (χ4v) is 4.21. The first-order chi connectivity index (χ1) is 12.6. The van der Waals surface area contributed by atoms with E-state index in [-0.39, 0.29) is 18.2 Å². The average Bonchev–Trinajstić information content (AvgIpc) is 3.28. The lowest BCUT2D eigenvalue weighted by atomic mass is 10.2. The summed E-state index contributed by atoms with van der Waals surface area (Å²) in [5.41, 5.74) is 6.56. The third kappa shape index (κ3) is 5.76. The zero-order valence-corrected chi connectivity index (χ0v) is 17.1. The third-order valence-electron chi connectivity index (χ3n) is 3.35. The van der Waals surface area contributed by atoms with Crippen LogP contribution in [0.5, 0.6) is 0 Å². The highest BCUT2D eigenvalue weighted by atomic mass is 32.2. The Morgan fingerprint density at radius 2 is 2.15 bits per heavy atom. The van der Waals surface area contributed by atoms with Gasteiger partial charge in [-0.3, -0.25) is 4.79 Å². The number of aromatic nitrogens is 2. The van der Waals surface area contributed by atoms with E-state index in [1.54, 1.807) is 24.1 Å². The third-order valence-corrected chi connectivity index (χ3v) is 5.77. The van der Waals surface area contributed by atoms with Crippen LogP contribution in [-0.4, -0.2) is 53.0 Å². The summed E-state index contributed by atoms with van der Waals surface area (Å²) >= 11 is 4.48. The van der Waals surface area contributed by atoms with Crippen molar-refractivity contribution < 1.29 is 14.3 Å². The van der Waals surface area contributed by atoms with E-state index < -0.39 is 12.0 Å². The second-order valence-corrected chi connectivity index (χ2v) is 8.05. The predicted molar refractivity (Wildman–Crippen MR) is 107 cm³/mol. The molecule has 2 heterocycles. The minimum Gasteiger partial charge on any atom is -0.464 e. The molecule has 0 unspecified atom stereocenters. The largest absolute Gasteiger partial charge is 0.464 e. The van der Waals surface area contributed by atoms with Crippen molar-refractivity contribution in [3.05, 3.63) is 21.5 Å². The molecule has 0 aliphatic rings. The molecule has 142 valence electrons. The Bertz CT molecular complexity index is 732. The molecule has 0 aliphatic carbocycles. The number of nitrogens with one attached hydrogen (secondary N) is 1. The number of thioether (sulfide) groups is 1. The summed E-state index contributed by atoms with van der Waals surface area (Å²) in [5, 5.41) is 7.92. The Kier molecular flexibility index (Phi) is 8.49. The van der Waals surface area contributed by atoms with Crippen molar-refractivity contribution in [3.8, 4) is 10.7 Å². The van der Waals surface area contributed by atoms with Crippen LogP contribution in [0.1, 0.15) is 28.8 Å². The lowest BCUT2D eigenvalue weighted by Crippen LogP contribution is -2.42. The van der Waals surface area contributed by atoms with Gasteiger partial charge in [0, 0.05) is 17.2 Å². The molecule has 0 fully saturated rings. The summed E-state index contributed by atoms with van der Waals surface area (Å²) in [6.45, 7) is 2.56. The first-order valence-electron chi connectivity index (χ1n) is 8.15. The molecule has 26 heavy (non-hydrogen) atoms. The first-order valence-corrected chi connectivity index (χ1v) is 11.3. The van der Waals surface area contributed by atoms with Gasteiger partial charge in [0.25, 0.3) is 5.91 Å². The molecule has 0 saturated heterocycles. The topological polar surface area (TPSA) is 107 Å². The average molecular weight is 415 g/mol. The van der Waals surface area contributed by atoms with Crippen LogP contribution in [0.4, 0.5) is 0 Å². The summed E-state index contributed by atoms with van der Waals surface area (Å²) in [7, 11) is 0. The van der Waals surface area contributed by atoms with Gasteiger partial charge in [-0.15, -0.1) is 22.7 Å². The van der Waals surface area contributed by atoms with Crippen molar-refractivity contribution in [3.63, 3.8) is 0 Å². The Hall–Kier alpha value is -1.49. The number of carbonyl (C=O) groups is 2. The number of nitrogens with zero attached hydrogens (tertiary/aromatic N) is 2. The number of amides is 1. The number of thiazole rings is 2. The van der Waals surface area contributed by atoms with Crippen LogP contribution < -0.4 is 11.1 Å². The van der Waals surface area contributed by atoms with Gasteiger partial charge in [0.05, 0.1) is 11.6 Å². The van der Waals surface area contributed by atoms with Crippen LogP contribution in [0, 0.1) is 0 Å². The summed E-state index contributed by atoms with van der Waals surface area (Å²) < 4.78 is 5.04. The number of hydrogen-bond donors (Lipinski definition) is 2. The maximum absolute atomic E-state index is 12.5. The van der Waals surface area contributed by atoms with Crippen LogP contribution in [0.15, 0.2) is 10.8 Å². The minimum atomic E-state index is -0.671. The fourth-order valence-electron chi connectivity index (χ4n) is 2.10. The van der Waals surface area contributed by atoms with E-state index in [2.05, 4.69) is 15.3 Å². The molecule has 3 N–H and O–H groups in total. The highest BCUT2D eigenvalue weighted by Crippen LogP contribution is 2.25. The zero-order valence-electron chi connectivity index (χ0n) is 14.7. The lowest BCUT2D eigenvalue weighted by molar-refractivity contribution is -0.145. The quantitative estimate of drug-likeness (QED) is 0.574. The van der Waals surface area contributed by atoms with Crippen molar-refractivity contribution >= 4 is 46.3 Å². The van der Waals surface area contributed by atoms with Gasteiger partial charge >= 0.3 is 5.97 Å². The molecule has 1 amide bonds. The maximum Gasteiger partial charge on any atom is 0.328 e. The first kappa shape index (κ1) is 20.8. The predicted octanol–water partition coefficient (Wildman–Crippen LogP) is 2.18. The Balaban J connectivity index is 2.05. The van der Waals surface area contributed by atoms with Crippen molar-refractivity contribution in [2.75, 3.05) is 25.2 Å². The molecule has 0 radical (unpaired) electrons. The van der Waals surface area contributed by atoms with E-state index in [1.807, 2.05) is 11.6 Å². The molecule has 2 rings (SSSR count). The van der Waals surface area contributed by atoms with Gasteiger partial charge in [0.2, 0.25) is 0 Å². The van der Waals surface area contributed by atoms with E-state index in [0.717, 1.165) is 22.9 Å². The molecular weight excluding hydrogens is 392 g/mol. The number of hydrogen-bond acceptors (Lipinski definition) is 9. The van der Waals surface area contributed by atoms with Crippen LogP contribution in [-0.2, 0) is 16.0 Å². The van der Waals surface area contributed by atoms with E-state index >= 15 is 0 Å². The number of ether oxygens (including phenoxy) is 1. The standard InChI is InChI=1S/C16H22N4O3S3/c1-3-23-16(22)10(5-7-24-2)19-14(21)11-8-26-15(20-11)12-9-25-13(18-12)4-6-17/h8-10H,3-7,17H2,1-2H3,(H,19,21)/t10-/m0/s1. The van der Waals surface area contributed by atoms with Crippen LogP contribution >= 0.6 is 34.4 Å². The van der Waals surface area contributed by atoms with Crippen molar-refractivity contribution in [2.24, 2.45) is 5.73 Å². The molecule has 0 aromatic carbocycles. The molecule has 0 spiro atoms. The van der Waals surface area contributed by atoms with Gasteiger partial charge in [0.1, 0.15) is 22.4 Å². The summed E-state index contributed by atoms with van der Waals surface area (Å²) in [5.74, 6) is -0.0604. The lowest BCUT2D eigenvalue weighted by Gasteiger charge is -2.16. The molecule has 0 bridgehead atoms. The molecule has 7 nitrogen and oxygen atoms in total. The molecule has 10 heteroatoms.